The highest BCUT2D eigenvalue weighted by Crippen LogP contribution is 2.34. The minimum atomic E-state index is -0.742. The first kappa shape index (κ1) is 25.4. The molecule has 2 saturated heterocycles. The Morgan fingerprint density at radius 2 is 1.71 bits per heavy atom. The van der Waals surface area contributed by atoms with E-state index in [1.807, 2.05) is 4.90 Å². The number of esters is 1. The fourth-order valence-corrected chi connectivity index (χ4v) is 5.58. The molecule has 3 aliphatic rings. The number of piperidine rings is 1. The first-order valence-corrected chi connectivity index (χ1v) is 12.8. The molecule has 1 saturated carbocycles. The van der Waals surface area contributed by atoms with E-state index >= 15 is 0 Å². The highest BCUT2D eigenvalue weighted by Gasteiger charge is 2.38. The molecule has 1 aromatic carbocycles. The van der Waals surface area contributed by atoms with Crippen LogP contribution >= 0.6 is 0 Å². The molecule has 35 heavy (non-hydrogen) atoms. The van der Waals surface area contributed by atoms with Crippen molar-refractivity contribution in [1.82, 2.24) is 10.2 Å². The van der Waals surface area contributed by atoms with Gasteiger partial charge in [-0.05, 0) is 44.2 Å². The average Bonchev–Trinajstić information content (AvgIpc) is 2.91. The lowest BCUT2D eigenvalue weighted by atomic mass is 9.79. The van der Waals surface area contributed by atoms with Crippen LogP contribution in [0, 0.1) is 10.1 Å². The summed E-state index contributed by atoms with van der Waals surface area (Å²) in [4.78, 5) is 40.7. The van der Waals surface area contributed by atoms with Crippen LogP contribution in [0.15, 0.2) is 18.2 Å². The monoisotopic (exact) mass is 488 g/mol. The second-order valence-electron chi connectivity index (χ2n) is 9.75. The van der Waals surface area contributed by atoms with Crippen LogP contribution in [0.3, 0.4) is 0 Å². The first-order chi connectivity index (χ1) is 17.0. The number of rotatable bonds is 8. The van der Waals surface area contributed by atoms with Gasteiger partial charge in [0.05, 0.1) is 23.7 Å². The number of carbonyl (C=O) groups is 2. The molecule has 2 aliphatic heterocycles. The Bertz CT molecular complexity index is 905. The lowest BCUT2D eigenvalue weighted by Gasteiger charge is -2.48. The molecule has 0 unspecified atom stereocenters. The molecular weight excluding hydrogens is 452 g/mol. The lowest BCUT2D eigenvalue weighted by molar-refractivity contribution is -0.384. The van der Waals surface area contributed by atoms with E-state index in [1.165, 1.54) is 18.6 Å². The predicted molar refractivity (Wildman–Crippen MR) is 131 cm³/mol. The van der Waals surface area contributed by atoms with Crippen LogP contribution in [-0.2, 0) is 14.3 Å². The summed E-state index contributed by atoms with van der Waals surface area (Å²) in [5.41, 5.74) is 0.398. The van der Waals surface area contributed by atoms with Crippen LogP contribution in [0.1, 0.15) is 61.7 Å². The number of nitrogens with one attached hydrogen (secondary N) is 1. The Balaban J connectivity index is 1.33. The van der Waals surface area contributed by atoms with Gasteiger partial charge in [0.25, 0.3) is 11.6 Å². The van der Waals surface area contributed by atoms with Gasteiger partial charge < -0.3 is 19.7 Å². The SMILES string of the molecule is O=C(COC(=O)c1ccc(N2CCCCC2)c([N+](=O)[O-])c1)NCC1(N2CCOCC2)CCCCC1. The molecule has 4 rings (SSSR count). The summed E-state index contributed by atoms with van der Waals surface area (Å²) in [5.74, 6) is -1.11. The lowest BCUT2D eigenvalue weighted by Crippen LogP contribution is -2.59. The molecule has 0 radical (unpaired) electrons. The Hall–Kier alpha value is -2.72. The maximum absolute atomic E-state index is 12.6. The zero-order chi connectivity index (χ0) is 24.7. The minimum Gasteiger partial charge on any atom is -0.452 e. The summed E-state index contributed by atoms with van der Waals surface area (Å²) < 4.78 is 10.7. The third kappa shape index (κ3) is 6.29. The molecule has 1 amide bonds. The first-order valence-electron chi connectivity index (χ1n) is 12.8. The normalized spacial score (nSPS) is 20.7. The molecule has 1 aromatic rings. The van der Waals surface area contributed by atoms with E-state index in [9.17, 15) is 19.7 Å². The third-order valence-corrected chi connectivity index (χ3v) is 7.52. The second kappa shape index (κ2) is 11.8. The van der Waals surface area contributed by atoms with Crippen LogP contribution < -0.4 is 10.2 Å². The Morgan fingerprint density at radius 3 is 2.40 bits per heavy atom. The molecule has 10 heteroatoms. The third-order valence-electron chi connectivity index (χ3n) is 7.52. The van der Waals surface area contributed by atoms with Gasteiger partial charge in [-0.15, -0.1) is 0 Å². The van der Waals surface area contributed by atoms with E-state index < -0.39 is 17.5 Å². The topological polar surface area (TPSA) is 114 Å². The molecule has 0 atom stereocenters. The fourth-order valence-electron chi connectivity index (χ4n) is 5.58. The number of benzene rings is 1. The fraction of sp³-hybridized carbons (Fsp3) is 0.680. The summed E-state index contributed by atoms with van der Waals surface area (Å²) in [6, 6.07) is 4.39. The summed E-state index contributed by atoms with van der Waals surface area (Å²) in [6.07, 6.45) is 8.62. The molecule has 0 spiro atoms. The van der Waals surface area contributed by atoms with Gasteiger partial charge in [-0.3, -0.25) is 19.8 Å². The van der Waals surface area contributed by atoms with E-state index in [4.69, 9.17) is 9.47 Å². The number of nitrogens with zero attached hydrogens (tertiary/aromatic N) is 3. The summed E-state index contributed by atoms with van der Waals surface area (Å²) in [5, 5.41) is 14.6. The van der Waals surface area contributed by atoms with E-state index in [2.05, 4.69) is 10.2 Å². The summed E-state index contributed by atoms with van der Waals surface area (Å²) in [7, 11) is 0. The van der Waals surface area contributed by atoms with Gasteiger partial charge in [0.2, 0.25) is 0 Å². The van der Waals surface area contributed by atoms with E-state index in [1.54, 1.807) is 6.07 Å². The second-order valence-corrected chi connectivity index (χ2v) is 9.75. The number of amides is 1. The van der Waals surface area contributed by atoms with Crippen molar-refractivity contribution >= 4 is 23.3 Å². The molecule has 1 N–H and O–H groups in total. The van der Waals surface area contributed by atoms with Crippen molar-refractivity contribution in [2.45, 2.75) is 56.9 Å². The van der Waals surface area contributed by atoms with Gasteiger partial charge in [-0.25, -0.2) is 4.79 Å². The molecule has 1 aliphatic carbocycles. The molecule has 192 valence electrons. The number of anilines is 1. The number of nitro groups is 1. The molecule has 10 nitrogen and oxygen atoms in total. The van der Waals surface area contributed by atoms with Crippen molar-refractivity contribution < 1.29 is 24.0 Å². The smallest absolute Gasteiger partial charge is 0.338 e. The van der Waals surface area contributed by atoms with E-state index in [0.29, 0.717) is 25.4 Å². The van der Waals surface area contributed by atoms with E-state index in [-0.39, 0.29) is 22.7 Å². The van der Waals surface area contributed by atoms with Crippen LogP contribution in [0.5, 0.6) is 0 Å². The maximum atomic E-state index is 12.6. The van der Waals surface area contributed by atoms with Crippen molar-refractivity contribution in [1.29, 1.82) is 0 Å². The van der Waals surface area contributed by atoms with Gasteiger partial charge in [-0.2, -0.15) is 0 Å². The largest absolute Gasteiger partial charge is 0.452 e. The van der Waals surface area contributed by atoms with Crippen LogP contribution in [0.4, 0.5) is 11.4 Å². The highest BCUT2D eigenvalue weighted by atomic mass is 16.6. The Labute approximate surface area is 206 Å². The van der Waals surface area contributed by atoms with Gasteiger partial charge >= 0.3 is 5.97 Å². The predicted octanol–water partition coefficient (Wildman–Crippen LogP) is 2.89. The quantitative estimate of drug-likeness (QED) is 0.338. The number of morpholine rings is 1. The maximum Gasteiger partial charge on any atom is 0.338 e. The number of carbonyl (C=O) groups excluding carboxylic acids is 2. The van der Waals surface area contributed by atoms with Crippen LogP contribution in [-0.4, -0.2) is 79.8 Å². The van der Waals surface area contributed by atoms with Gasteiger partial charge in [-0.1, -0.05) is 19.3 Å². The number of ether oxygens (including phenoxy) is 2. The van der Waals surface area contributed by atoms with Crippen LogP contribution in [0.2, 0.25) is 0 Å². The van der Waals surface area contributed by atoms with Gasteiger partial charge in [0.15, 0.2) is 6.61 Å². The average molecular weight is 489 g/mol. The number of hydrogen-bond acceptors (Lipinski definition) is 8. The Morgan fingerprint density at radius 1 is 1.03 bits per heavy atom. The molecule has 0 aromatic heterocycles. The van der Waals surface area contributed by atoms with Crippen molar-refractivity contribution in [3.63, 3.8) is 0 Å². The highest BCUT2D eigenvalue weighted by molar-refractivity contribution is 5.93. The molecule has 3 fully saturated rings. The van der Waals surface area contributed by atoms with E-state index in [0.717, 1.165) is 71.1 Å². The molecular formula is C25H36N4O6. The van der Waals surface area contributed by atoms with Gasteiger partial charge in [0.1, 0.15) is 5.69 Å². The van der Waals surface area contributed by atoms with Crippen molar-refractivity contribution in [3.8, 4) is 0 Å². The standard InChI is InChI=1S/C25H36N4O6/c30-23(26-19-25(9-3-1-4-10-25)28-13-15-34-16-14-28)18-35-24(31)20-7-8-21(22(17-20)29(32)33)27-11-5-2-6-12-27/h7-8,17H,1-6,9-16,18-19H2,(H,26,30). The zero-order valence-corrected chi connectivity index (χ0v) is 20.3. The minimum absolute atomic E-state index is 0.0716. The van der Waals surface area contributed by atoms with Crippen molar-refractivity contribution in [3.05, 3.63) is 33.9 Å². The molecule has 2 heterocycles. The molecule has 0 bridgehead atoms. The Kier molecular flexibility index (Phi) is 8.56. The summed E-state index contributed by atoms with van der Waals surface area (Å²) in [6.45, 7) is 4.74. The van der Waals surface area contributed by atoms with Crippen molar-refractivity contribution in [2.75, 3.05) is 57.4 Å². The number of nitro benzene ring substituents is 1. The summed E-state index contributed by atoms with van der Waals surface area (Å²) >= 11 is 0. The number of hydrogen-bond donors (Lipinski definition) is 1. The van der Waals surface area contributed by atoms with Crippen LogP contribution in [0.25, 0.3) is 0 Å². The zero-order valence-electron chi connectivity index (χ0n) is 20.3. The van der Waals surface area contributed by atoms with Crippen molar-refractivity contribution in [2.24, 2.45) is 0 Å². The van der Waals surface area contributed by atoms with Gasteiger partial charge in [0, 0.05) is 44.3 Å².